The highest BCUT2D eigenvalue weighted by Crippen LogP contribution is 2.24. The smallest absolute Gasteiger partial charge is 0.160 e. The van der Waals surface area contributed by atoms with Crippen molar-refractivity contribution in [3.63, 3.8) is 0 Å². The Labute approximate surface area is 116 Å². The summed E-state index contributed by atoms with van der Waals surface area (Å²) in [6.07, 6.45) is 5.84. The van der Waals surface area contributed by atoms with Crippen LogP contribution in [-0.4, -0.2) is 42.7 Å². The van der Waals surface area contributed by atoms with Gasteiger partial charge in [0.1, 0.15) is 0 Å². The number of rotatable bonds is 5. The van der Waals surface area contributed by atoms with E-state index in [4.69, 9.17) is 4.74 Å². The van der Waals surface area contributed by atoms with E-state index in [0.717, 1.165) is 23.7 Å². The van der Waals surface area contributed by atoms with Crippen LogP contribution in [0.15, 0.2) is 12.3 Å². The molecule has 0 aromatic carbocycles. The fourth-order valence-electron chi connectivity index (χ4n) is 2.66. The van der Waals surface area contributed by atoms with Gasteiger partial charge in [-0.1, -0.05) is 6.42 Å². The van der Waals surface area contributed by atoms with Gasteiger partial charge < -0.3 is 15.0 Å². The van der Waals surface area contributed by atoms with Crippen LogP contribution in [0.25, 0.3) is 0 Å². The lowest BCUT2D eigenvalue weighted by Crippen LogP contribution is -2.38. The van der Waals surface area contributed by atoms with Gasteiger partial charge in [-0.05, 0) is 45.8 Å². The highest BCUT2D eigenvalue weighted by Gasteiger charge is 2.14. The molecule has 1 fully saturated rings. The predicted molar refractivity (Wildman–Crippen MR) is 78.9 cm³/mol. The second kappa shape index (κ2) is 6.75. The Morgan fingerprint density at radius 2 is 2.11 bits per heavy atom. The van der Waals surface area contributed by atoms with Crippen molar-refractivity contribution in [2.45, 2.75) is 39.2 Å². The number of pyridine rings is 1. The number of nitrogens with one attached hydrogen (secondary N) is 1. The molecule has 106 valence electrons. The van der Waals surface area contributed by atoms with Crippen LogP contribution >= 0.6 is 0 Å². The summed E-state index contributed by atoms with van der Waals surface area (Å²) in [6, 6.07) is 2.46. The van der Waals surface area contributed by atoms with Crippen LogP contribution in [-0.2, 0) is 0 Å². The molecule has 0 spiro atoms. The van der Waals surface area contributed by atoms with Gasteiger partial charge in [-0.15, -0.1) is 0 Å². The maximum atomic E-state index is 5.35. The molecule has 1 aliphatic heterocycles. The van der Waals surface area contributed by atoms with E-state index >= 15 is 0 Å². The Balaban J connectivity index is 1.93. The lowest BCUT2D eigenvalue weighted by atomic mass is 10.1. The Kier molecular flexibility index (Phi) is 5.02. The number of ether oxygens (including phenoxy) is 1. The summed E-state index contributed by atoms with van der Waals surface area (Å²) in [6.45, 7) is 7.78. The van der Waals surface area contributed by atoms with E-state index in [-0.39, 0.29) is 0 Å². The Hall–Kier alpha value is -1.29. The van der Waals surface area contributed by atoms with Gasteiger partial charge in [0, 0.05) is 18.3 Å². The molecule has 1 N–H and O–H groups in total. The largest absolute Gasteiger partial charge is 0.493 e. The SMILES string of the molecule is COc1cnc(C)cc1NC(C)CN1CCCCC1. The zero-order valence-corrected chi connectivity index (χ0v) is 12.3. The van der Waals surface area contributed by atoms with Crippen LogP contribution < -0.4 is 10.1 Å². The molecule has 1 atom stereocenters. The molecule has 4 heteroatoms. The highest BCUT2D eigenvalue weighted by atomic mass is 16.5. The number of piperidine rings is 1. The molecule has 2 heterocycles. The number of hydrogen-bond donors (Lipinski definition) is 1. The van der Waals surface area contributed by atoms with Crippen molar-refractivity contribution in [3.8, 4) is 5.75 Å². The molecule has 2 rings (SSSR count). The minimum absolute atomic E-state index is 0.411. The topological polar surface area (TPSA) is 37.4 Å². The number of hydrogen-bond acceptors (Lipinski definition) is 4. The zero-order valence-electron chi connectivity index (χ0n) is 12.3. The first-order valence-corrected chi connectivity index (χ1v) is 7.18. The third-order valence-electron chi connectivity index (χ3n) is 3.61. The van der Waals surface area contributed by atoms with E-state index in [0.29, 0.717) is 6.04 Å². The quantitative estimate of drug-likeness (QED) is 0.886. The first kappa shape index (κ1) is 14.1. The lowest BCUT2D eigenvalue weighted by molar-refractivity contribution is 0.223. The number of nitrogens with zero attached hydrogens (tertiary/aromatic N) is 2. The predicted octanol–water partition coefficient (Wildman–Crippen LogP) is 2.68. The summed E-state index contributed by atoms with van der Waals surface area (Å²) in [7, 11) is 1.69. The molecule has 1 aliphatic rings. The highest BCUT2D eigenvalue weighted by molar-refractivity contribution is 5.56. The van der Waals surface area contributed by atoms with Crippen LogP contribution in [0, 0.1) is 6.92 Å². The molecular formula is C15H25N3O. The van der Waals surface area contributed by atoms with Crippen molar-refractivity contribution >= 4 is 5.69 Å². The molecule has 0 saturated carbocycles. The van der Waals surface area contributed by atoms with Gasteiger partial charge in [0.15, 0.2) is 5.75 Å². The number of anilines is 1. The molecule has 0 aliphatic carbocycles. The first-order chi connectivity index (χ1) is 9.19. The Morgan fingerprint density at radius 1 is 1.37 bits per heavy atom. The maximum absolute atomic E-state index is 5.35. The summed E-state index contributed by atoms with van der Waals surface area (Å²) in [5.74, 6) is 0.816. The summed E-state index contributed by atoms with van der Waals surface area (Å²) < 4.78 is 5.35. The van der Waals surface area contributed by atoms with Crippen LogP contribution in [0.2, 0.25) is 0 Å². The molecule has 1 aromatic heterocycles. The van der Waals surface area contributed by atoms with Gasteiger partial charge in [0.25, 0.3) is 0 Å². The van der Waals surface area contributed by atoms with Crippen LogP contribution in [0.4, 0.5) is 5.69 Å². The van der Waals surface area contributed by atoms with Crippen LogP contribution in [0.3, 0.4) is 0 Å². The number of methoxy groups -OCH3 is 1. The molecule has 19 heavy (non-hydrogen) atoms. The van der Waals surface area contributed by atoms with Crippen molar-refractivity contribution in [1.29, 1.82) is 0 Å². The van der Waals surface area contributed by atoms with E-state index < -0.39 is 0 Å². The van der Waals surface area contributed by atoms with Crippen molar-refractivity contribution in [1.82, 2.24) is 9.88 Å². The minimum Gasteiger partial charge on any atom is -0.493 e. The standard InChI is InChI=1S/C15H25N3O/c1-12-9-14(15(19-3)10-16-12)17-13(2)11-18-7-5-4-6-8-18/h9-10,13H,4-8,11H2,1-3H3,(H,16,17). The average molecular weight is 263 g/mol. The molecule has 0 bridgehead atoms. The minimum atomic E-state index is 0.411. The Morgan fingerprint density at radius 3 is 2.79 bits per heavy atom. The zero-order chi connectivity index (χ0) is 13.7. The normalized spacial score (nSPS) is 18.1. The first-order valence-electron chi connectivity index (χ1n) is 7.18. The van der Waals surface area contributed by atoms with Crippen molar-refractivity contribution in [2.75, 3.05) is 32.1 Å². The molecule has 4 nitrogen and oxygen atoms in total. The van der Waals surface area contributed by atoms with Gasteiger partial charge >= 0.3 is 0 Å². The summed E-state index contributed by atoms with van der Waals surface area (Å²) in [4.78, 5) is 6.80. The summed E-state index contributed by atoms with van der Waals surface area (Å²) in [5, 5.41) is 3.54. The van der Waals surface area contributed by atoms with E-state index in [1.54, 1.807) is 13.3 Å². The molecular weight excluding hydrogens is 238 g/mol. The van der Waals surface area contributed by atoms with Crippen molar-refractivity contribution in [3.05, 3.63) is 18.0 Å². The maximum Gasteiger partial charge on any atom is 0.160 e. The van der Waals surface area contributed by atoms with E-state index in [2.05, 4.69) is 22.1 Å². The van der Waals surface area contributed by atoms with Gasteiger partial charge in [-0.2, -0.15) is 0 Å². The fraction of sp³-hybridized carbons (Fsp3) is 0.667. The van der Waals surface area contributed by atoms with Gasteiger partial charge in [0.05, 0.1) is 19.0 Å². The fourth-order valence-corrected chi connectivity index (χ4v) is 2.66. The monoisotopic (exact) mass is 263 g/mol. The van der Waals surface area contributed by atoms with Gasteiger partial charge in [0.2, 0.25) is 0 Å². The molecule has 0 amide bonds. The summed E-state index contributed by atoms with van der Waals surface area (Å²) >= 11 is 0. The van der Waals surface area contributed by atoms with Crippen LogP contribution in [0.5, 0.6) is 5.75 Å². The average Bonchev–Trinajstić information content (AvgIpc) is 2.40. The van der Waals surface area contributed by atoms with Gasteiger partial charge in [-0.25, -0.2) is 0 Å². The van der Waals surface area contributed by atoms with Crippen LogP contribution in [0.1, 0.15) is 31.9 Å². The van der Waals surface area contributed by atoms with Crippen molar-refractivity contribution in [2.24, 2.45) is 0 Å². The third kappa shape index (κ3) is 4.10. The van der Waals surface area contributed by atoms with E-state index in [1.165, 1.54) is 32.4 Å². The molecule has 1 saturated heterocycles. The Bertz CT molecular complexity index is 402. The molecule has 0 radical (unpaired) electrons. The van der Waals surface area contributed by atoms with Gasteiger partial charge in [-0.3, -0.25) is 4.98 Å². The van der Waals surface area contributed by atoms with E-state index in [9.17, 15) is 0 Å². The number of likely N-dealkylation sites (tertiary alicyclic amines) is 1. The number of aromatic nitrogens is 1. The molecule has 1 unspecified atom stereocenters. The summed E-state index contributed by atoms with van der Waals surface area (Å²) in [5.41, 5.74) is 2.05. The second-order valence-electron chi connectivity index (χ2n) is 5.43. The lowest BCUT2D eigenvalue weighted by Gasteiger charge is -2.30. The van der Waals surface area contributed by atoms with E-state index in [1.807, 2.05) is 13.0 Å². The third-order valence-corrected chi connectivity index (χ3v) is 3.61. The number of aryl methyl sites for hydroxylation is 1. The van der Waals surface area contributed by atoms with Crippen molar-refractivity contribution < 1.29 is 4.74 Å². The second-order valence-corrected chi connectivity index (χ2v) is 5.43. The molecule has 1 aromatic rings.